The van der Waals surface area contributed by atoms with Gasteiger partial charge in [0.2, 0.25) is 0 Å². The fourth-order valence-corrected chi connectivity index (χ4v) is 2.91. The van der Waals surface area contributed by atoms with Crippen LogP contribution in [0.15, 0.2) is 0 Å². The fraction of sp³-hybridized carbons (Fsp3) is 1.00. The Morgan fingerprint density at radius 3 is 0.462 bits per heavy atom. The summed E-state index contributed by atoms with van der Waals surface area (Å²) >= 11 is 0. The van der Waals surface area contributed by atoms with Crippen LogP contribution in [0.4, 0.5) is 0 Å². The first-order chi connectivity index (χ1) is 12.7. The van der Waals surface area contributed by atoms with Crippen molar-refractivity contribution < 1.29 is 0 Å². The molecule has 0 aliphatic carbocycles. The quantitative estimate of drug-likeness (QED) is 0.223. The molecule has 0 saturated heterocycles. The van der Waals surface area contributed by atoms with Crippen LogP contribution in [0.5, 0.6) is 0 Å². The van der Waals surface area contributed by atoms with Crippen molar-refractivity contribution in [1.82, 2.24) is 0 Å². The summed E-state index contributed by atoms with van der Waals surface area (Å²) < 4.78 is 0. The molecule has 0 aliphatic heterocycles. The lowest BCUT2D eigenvalue weighted by molar-refractivity contribution is 0.585. The summed E-state index contributed by atoms with van der Waals surface area (Å²) in [6.07, 6.45) is 28.5. The van der Waals surface area contributed by atoms with E-state index in [0.717, 1.165) is 0 Å². The molecule has 0 saturated carbocycles. The van der Waals surface area contributed by atoms with Crippen molar-refractivity contribution in [1.29, 1.82) is 0 Å². The maximum atomic E-state index is 2.27. The van der Waals surface area contributed by atoms with Crippen molar-refractivity contribution in [3.8, 4) is 0 Å². The Labute approximate surface area is 170 Å². The zero-order valence-corrected chi connectivity index (χ0v) is 20.1. The van der Waals surface area contributed by atoms with Crippen LogP contribution in [0.25, 0.3) is 0 Å². The van der Waals surface area contributed by atoms with Gasteiger partial charge in [-0.25, -0.2) is 0 Å². The Morgan fingerprint density at radius 2 is 0.308 bits per heavy atom. The number of hydrogen-bond acceptors (Lipinski definition) is 0. The normalized spacial score (nSPS) is 9.92. The van der Waals surface area contributed by atoms with E-state index in [2.05, 4.69) is 41.5 Å². The minimum absolute atomic E-state index is 1.36. The number of hydrogen-bond donors (Lipinski definition) is 0. The molecule has 0 heteroatoms. The molecule has 0 aromatic heterocycles. The predicted octanol–water partition coefficient (Wildman–Crippen LogP) is 10.9. The molecule has 0 heterocycles. The van der Waals surface area contributed by atoms with Gasteiger partial charge in [-0.2, -0.15) is 0 Å². The topological polar surface area (TPSA) is 0 Å². The lowest BCUT2D eigenvalue weighted by atomic mass is 10.1. The number of rotatable bonds is 17. The molecule has 0 aliphatic rings. The Morgan fingerprint density at radius 1 is 0.192 bits per heavy atom. The van der Waals surface area contributed by atoms with Crippen LogP contribution in [0.3, 0.4) is 0 Å². The first kappa shape index (κ1) is 30.7. The van der Waals surface area contributed by atoms with Crippen molar-refractivity contribution in [3.05, 3.63) is 0 Å². The van der Waals surface area contributed by atoms with E-state index in [1.54, 1.807) is 0 Å². The summed E-state index contributed by atoms with van der Waals surface area (Å²) in [7, 11) is 0. The average molecular weight is 371 g/mol. The summed E-state index contributed by atoms with van der Waals surface area (Å²) in [5, 5.41) is 0. The van der Waals surface area contributed by atoms with Gasteiger partial charge < -0.3 is 0 Å². The molecule has 0 rings (SSSR count). The van der Waals surface area contributed by atoms with Crippen molar-refractivity contribution in [2.24, 2.45) is 0 Å². The zero-order valence-electron chi connectivity index (χ0n) is 20.1. The van der Waals surface area contributed by atoms with Gasteiger partial charge in [0, 0.05) is 0 Å². The van der Waals surface area contributed by atoms with Crippen LogP contribution >= 0.6 is 0 Å². The highest BCUT2D eigenvalue weighted by molar-refractivity contribution is 4.44. The highest BCUT2D eigenvalue weighted by atomic mass is 13.9. The van der Waals surface area contributed by atoms with Crippen molar-refractivity contribution in [2.45, 2.75) is 170 Å². The lowest BCUT2D eigenvalue weighted by Gasteiger charge is -1.97. The molecule has 0 atom stereocenters. The maximum Gasteiger partial charge on any atom is -0.0533 e. The standard InChI is InChI=1S/2C10H22.C6H14/c2*1-3-5-7-9-10-8-6-4-2;1-3-5-6-4-2/h2*3-10H2,1-2H3;3-6H2,1-2H3. The van der Waals surface area contributed by atoms with Gasteiger partial charge in [0.05, 0.1) is 0 Å². The van der Waals surface area contributed by atoms with E-state index < -0.39 is 0 Å². The van der Waals surface area contributed by atoms with E-state index in [4.69, 9.17) is 0 Å². The molecule has 0 bridgehead atoms. The largest absolute Gasteiger partial charge is 0.0654 e. The highest BCUT2D eigenvalue weighted by Gasteiger charge is 1.88. The van der Waals surface area contributed by atoms with Gasteiger partial charge in [-0.1, -0.05) is 170 Å². The molecular formula is C26H58. The van der Waals surface area contributed by atoms with E-state index >= 15 is 0 Å². The van der Waals surface area contributed by atoms with E-state index in [1.807, 2.05) is 0 Å². The molecule has 0 radical (unpaired) electrons. The van der Waals surface area contributed by atoms with E-state index in [1.165, 1.54) is 128 Å². The van der Waals surface area contributed by atoms with Crippen LogP contribution in [0.1, 0.15) is 170 Å². The molecule has 0 spiro atoms. The Bertz CT molecular complexity index is 137. The van der Waals surface area contributed by atoms with Crippen LogP contribution in [0, 0.1) is 0 Å². The van der Waals surface area contributed by atoms with Crippen LogP contribution < -0.4 is 0 Å². The molecule has 0 aromatic carbocycles. The van der Waals surface area contributed by atoms with E-state index in [9.17, 15) is 0 Å². The lowest BCUT2D eigenvalue weighted by Crippen LogP contribution is -1.77. The second-order valence-corrected chi connectivity index (χ2v) is 7.95. The second kappa shape index (κ2) is 36.0. The van der Waals surface area contributed by atoms with Gasteiger partial charge in [-0.15, -0.1) is 0 Å². The zero-order chi connectivity index (χ0) is 20.1. The molecule has 0 unspecified atom stereocenters. The summed E-state index contributed by atoms with van der Waals surface area (Å²) in [4.78, 5) is 0. The SMILES string of the molecule is CCCCCC.CCCCCCCCCC.CCCCCCCCCC. The predicted molar refractivity (Wildman–Crippen MR) is 126 cm³/mol. The summed E-state index contributed by atoms with van der Waals surface area (Å²) in [5.74, 6) is 0. The van der Waals surface area contributed by atoms with Gasteiger partial charge >= 0.3 is 0 Å². The van der Waals surface area contributed by atoms with Gasteiger partial charge in [0.15, 0.2) is 0 Å². The molecular weight excluding hydrogens is 312 g/mol. The number of unbranched alkanes of at least 4 members (excludes halogenated alkanes) is 17. The van der Waals surface area contributed by atoms with E-state index in [0.29, 0.717) is 0 Å². The van der Waals surface area contributed by atoms with Gasteiger partial charge in [-0.05, 0) is 0 Å². The Balaban J connectivity index is -0.000000316. The molecule has 0 aromatic rings. The summed E-state index contributed by atoms with van der Waals surface area (Å²) in [6, 6.07) is 0. The third-order valence-electron chi connectivity index (χ3n) is 4.87. The third-order valence-corrected chi connectivity index (χ3v) is 4.87. The van der Waals surface area contributed by atoms with Crippen molar-refractivity contribution in [3.63, 3.8) is 0 Å². The van der Waals surface area contributed by atoms with E-state index in [-0.39, 0.29) is 0 Å². The maximum absolute atomic E-state index is 2.27. The fourth-order valence-electron chi connectivity index (χ4n) is 2.91. The molecule has 26 heavy (non-hydrogen) atoms. The molecule has 0 nitrogen and oxygen atoms in total. The van der Waals surface area contributed by atoms with Crippen LogP contribution in [0.2, 0.25) is 0 Å². The van der Waals surface area contributed by atoms with Crippen molar-refractivity contribution in [2.75, 3.05) is 0 Å². The van der Waals surface area contributed by atoms with Gasteiger partial charge in [-0.3, -0.25) is 0 Å². The first-order valence-corrected chi connectivity index (χ1v) is 12.7. The van der Waals surface area contributed by atoms with Gasteiger partial charge in [0.25, 0.3) is 0 Å². The summed E-state index contributed by atoms with van der Waals surface area (Å²) in [5.41, 5.74) is 0. The average Bonchev–Trinajstić information content (AvgIpc) is 2.67. The van der Waals surface area contributed by atoms with Crippen LogP contribution in [-0.2, 0) is 0 Å². The van der Waals surface area contributed by atoms with Gasteiger partial charge in [0.1, 0.15) is 0 Å². The Hall–Kier alpha value is 0. The third kappa shape index (κ3) is 43.9. The molecule has 0 amide bonds. The smallest absolute Gasteiger partial charge is 0.0533 e. The first-order valence-electron chi connectivity index (χ1n) is 12.7. The monoisotopic (exact) mass is 370 g/mol. The Kier molecular flexibility index (Phi) is 42.5. The molecule has 0 N–H and O–H groups in total. The molecule has 162 valence electrons. The van der Waals surface area contributed by atoms with Crippen LogP contribution in [-0.4, -0.2) is 0 Å². The summed E-state index contributed by atoms with van der Waals surface area (Å²) in [6.45, 7) is 13.5. The minimum atomic E-state index is 1.36. The minimum Gasteiger partial charge on any atom is -0.0654 e. The highest BCUT2D eigenvalue weighted by Crippen LogP contribution is 2.08. The second-order valence-electron chi connectivity index (χ2n) is 7.95. The molecule has 0 fully saturated rings. The van der Waals surface area contributed by atoms with Crippen molar-refractivity contribution >= 4 is 0 Å².